The molecule has 16 nitrogen and oxygen atoms in total. The number of anilines is 1. The van der Waals surface area contributed by atoms with Crippen molar-refractivity contribution in [3.63, 3.8) is 0 Å². The van der Waals surface area contributed by atoms with Gasteiger partial charge in [-0.15, -0.1) is 0 Å². The van der Waals surface area contributed by atoms with E-state index in [9.17, 15) is 24.0 Å². The Balaban J connectivity index is 1.07. The smallest absolute Gasteiger partial charge is 0.407 e. The molecule has 0 unspecified atom stereocenters. The van der Waals surface area contributed by atoms with Crippen LogP contribution in [0.1, 0.15) is 98.6 Å². The van der Waals surface area contributed by atoms with Gasteiger partial charge in [-0.1, -0.05) is 45.9 Å². The van der Waals surface area contributed by atoms with Crippen molar-refractivity contribution in [3.8, 4) is 22.5 Å². The molecule has 4 atom stereocenters. The first-order chi connectivity index (χ1) is 27.9. The Morgan fingerprint density at radius 1 is 0.724 bits per heavy atom. The normalized spacial score (nSPS) is 18.6. The molecule has 2 fully saturated rings. The number of carbonyl (C=O) groups is 5. The summed E-state index contributed by atoms with van der Waals surface area (Å²) in [6.45, 7) is 8.63. The highest BCUT2D eigenvalue weighted by Crippen LogP contribution is 2.36. The van der Waals surface area contributed by atoms with Crippen LogP contribution in [0.2, 0.25) is 0 Å². The average molecular weight is 794 g/mol. The molecular formula is C42H51N9O7. The maximum Gasteiger partial charge on any atom is 0.407 e. The monoisotopic (exact) mass is 793 g/mol. The van der Waals surface area contributed by atoms with E-state index in [4.69, 9.17) is 14.5 Å². The largest absolute Gasteiger partial charge is 0.453 e. The van der Waals surface area contributed by atoms with Crippen molar-refractivity contribution in [2.75, 3.05) is 32.6 Å². The van der Waals surface area contributed by atoms with Crippen molar-refractivity contribution in [2.24, 2.45) is 11.8 Å². The summed E-state index contributed by atoms with van der Waals surface area (Å²) < 4.78 is 9.52. The molecule has 5 N–H and O–H groups in total. The minimum atomic E-state index is -0.732. The molecular weight excluding hydrogens is 743 g/mol. The fourth-order valence-electron chi connectivity index (χ4n) is 8.22. The number of carbonyl (C=O) groups excluding carboxylic acids is 5. The molecule has 4 aromatic rings. The summed E-state index contributed by atoms with van der Waals surface area (Å²) in [5, 5.41) is 8.46. The van der Waals surface area contributed by atoms with E-state index in [1.54, 1.807) is 22.2 Å². The van der Waals surface area contributed by atoms with Crippen LogP contribution in [-0.4, -0.2) is 99.0 Å². The van der Waals surface area contributed by atoms with E-state index in [2.05, 4.69) is 30.9 Å². The highest BCUT2D eigenvalue weighted by atomic mass is 16.5. The van der Waals surface area contributed by atoms with Crippen molar-refractivity contribution in [1.82, 2.24) is 40.4 Å². The van der Waals surface area contributed by atoms with Crippen molar-refractivity contribution in [1.29, 1.82) is 0 Å². The van der Waals surface area contributed by atoms with E-state index < -0.39 is 24.3 Å². The van der Waals surface area contributed by atoms with Gasteiger partial charge in [0.2, 0.25) is 11.8 Å². The second-order valence-corrected chi connectivity index (χ2v) is 15.8. The van der Waals surface area contributed by atoms with Crippen molar-refractivity contribution >= 4 is 35.6 Å². The Morgan fingerprint density at radius 2 is 1.22 bits per heavy atom. The first kappa shape index (κ1) is 40.0. The molecule has 2 saturated heterocycles. The molecule has 5 amide bonds. The molecule has 306 valence electrons. The molecule has 58 heavy (non-hydrogen) atoms. The van der Waals surface area contributed by atoms with Crippen molar-refractivity contribution in [2.45, 2.75) is 84.0 Å². The van der Waals surface area contributed by atoms with Gasteiger partial charge in [-0.25, -0.2) is 19.6 Å². The van der Waals surface area contributed by atoms with Gasteiger partial charge >= 0.3 is 12.2 Å². The first-order valence-electron chi connectivity index (χ1n) is 19.8. The number of nitrogens with one attached hydrogen (secondary N) is 5. The second kappa shape index (κ2) is 16.7. The summed E-state index contributed by atoms with van der Waals surface area (Å²) in [5.41, 5.74) is 6.26. The Bertz CT molecular complexity index is 2210. The fourth-order valence-corrected chi connectivity index (χ4v) is 8.22. The zero-order valence-corrected chi connectivity index (χ0v) is 33.7. The summed E-state index contributed by atoms with van der Waals surface area (Å²) in [4.78, 5) is 84.7. The van der Waals surface area contributed by atoms with Gasteiger partial charge in [-0.2, -0.15) is 0 Å². The van der Waals surface area contributed by atoms with Gasteiger partial charge in [-0.05, 0) is 72.4 Å². The van der Waals surface area contributed by atoms with Crippen LogP contribution in [0.25, 0.3) is 22.5 Å². The summed E-state index contributed by atoms with van der Waals surface area (Å²) in [6.07, 6.45) is 5.78. The number of ether oxygens (including phenoxy) is 2. The van der Waals surface area contributed by atoms with Crippen LogP contribution in [0.5, 0.6) is 0 Å². The number of amides is 5. The summed E-state index contributed by atoms with van der Waals surface area (Å²) in [6, 6.07) is 9.66. The number of aromatic amines is 2. The van der Waals surface area contributed by atoms with Crippen LogP contribution in [0, 0.1) is 11.8 Å². The van der Waals surface area contributed by atoms with Crippen LogP contribution < -0.4 is 16.0 Å². The number of alkyl carbamates (subject to hydrolysis) is 2. The molecule has 5 heterocycles. The van der Waals surface area contributed by atoms with Crippen LogP contribution in [0.4, 0.5) is 15.3 Å². The lowest BCUT2D eigenvalue weighted by Crippen LogP contribution is -2.51. The summed E-state index contributed by atoms with van der Waals surface area (Å²) in [7, 11) is 2.55. The fraction of sp³-hybridized carbons (Fsp3) is 0.452. The molecule has 7 rings (SSSR count). The molecule has 2 aromatic carbocycles. The number of imidazole rings is 2. The number of H-pyrrole nitrogens is 2. The van der Waals surface area contributed by atoms with Gasteiger partial charge in [0, 0.05) is 36.3 Å². The quantitative estimate of drug-likeness (QED) is 0.133. The number of fused-ring (bicyclic) bond motifs is 2. The van der Waals surface area contributed by atoms with Crippen LogP contribution in [-0.2, 0) is 25.5 Å². The number of rotatable bonds is 10. The lowest BCUT2D eigenvalue weighted by molar-refractivity contribution is -0.136. The number of methoxy groups -OCH3 is 2. The topological polar surface area (TPSA) is 204 Å². The van der Waals surface area contributed by atoms with E-state index in [0.29, 0.717) is 42.4 Å². The number of hydrogen-bond acceptors (Lipinski definition) is 9. The first-order valence-corrected chi connectivity index (χ1v) is 19.8. The Labute approximate surface area is 336 Å². The zero-order chi connectivity index (χ0) is 41.2. The molecule has 0 radical (unpaired) electrons. The van der Waals surface area contributed by atoms with E-state index in [1.807, 2.05) is 64.1 Å². The number of hydrogen-bond donors (Lipinski definition) is 5. The van der Waals surface area contributed by atoms with Gasteiger partial charge in [0.1, 0.15) is 23.7 Å². The second-order valence-electron chi connectivity index (χ2n) is 15.8. The maximum atomic E-state index is 13.7. The third kappa shape index (κ3) is 8.00. The van der Waals surface area contributed by atoms with Gasteiger partial charge in [-0.3, -0.25) is 14.4 Å². The predicted molar refractivity (Wildman–Crippen MR) is 215 cm³/mol. The lowest BCUT2D eigenvalue weighted by Gasteiger charge is -2.30. The molecule has 0 aliphatic carbocycles. The Kier molecular flexibility index (Phi) is 11.5. The molecule has 0 spiro atoms. The van der Waals surface area contributed by atoms with E-state index in [1.165, 1.54) is 14.2 Å². The zero-order valence-electron chi connectivity index (χ0n) is 33.7. The highest BCUT2D eigenvalue weighted by Gasteiger charge is 2.39. The summed E-state index contributed by atoms with van der Waals surface area (Å²) >= 11 is 0. The third-order valence-electron chi connectivity index (χ3n) is 11.4. The lowest BCUT2D eigenvalue weighted by atomic mass is 9.96. The van der Waals surface area contributed by atoms with E-state index in [-0.39, 0.29) is 41.6 Å². The molecule has 2 aromatic heterocycles. The predicted octanol–water partition coefficient (Wildman–Crippen LogP) is 5.71. The van der Waals surface area contributed by atoms with Gasteiger partial charge in [0.25, 0.3) is 5.91 Å². The highest BCUT2D eigenvalue weighted by molar-refractivity contribution is 6.07. The van der Waals surface area contributed by atoms with Gasteiger partial charge < -0.3 is 45.2 Å². The maximum absolute atomic E-state index is 13.7. The van der Waals surface area contributed by atoms with Crippen molar-refractivity contribution < 1.29 is 33.4 Å². The Morgan fingerprint density at radius 3 is 1.72 bits per heavy atom. The number of likely N-dealkylation sites (tertiary alicyclic amines) is 2. The number of benzene rings is 2. The number of aromatic nitrogens is 4. The van der Waals surface area contributed by atoms with Crippen LogP contribution >= 0.6 is 0 Å². The van der Waals surface area contributed by atoms with E-state index in [0.717, 1.165) is 59.3 Å². The van der Waals surface area contributed by atoms with Gasteiger partial charge in [0.05, 0.1) is 50.1 Å². The summed E-state index contributed by atoms with van der Waals surface area (Å²) in [5.74, 6) is 0.467. The van der Waals surface area contributed by atoms with Crippen LogP contribution in [0.3, 0.4) is 0 Å². The van der Waals surface area contributed by atoms with Gasteiger partial charge in [0.15, 0.2) is 0 Å². The minimum absolute atomic E-state index is 0.135. The standard InChI is InChI=1S/C42H51N9O7/c1-22(2)34(48-41(55)57-5)39(53)50-15-7-9-32(50)36-43-20-30(45-36)25-13-14-29-27(18-25)17-24-11-12-26(19-28(24)38(52)47-29)31-21-44-37(46-31)33-10-8-16-51(33)40(54)35(23(3)4)49-42(56)58-6/h11-14,18-23,32-35H,7-10,15-17H2,1-6H3,(H,43,45)(H,44,46)(H,47,52)(H,48,55)(H,49,56)/t32-,33-,34-,35-/m0/s1. The molecule has 3 aliphatic heterocycles. The molecule has 0 bridgehead atoms. The average Bonchev–Trinajstić information content (AvgIpc) is 4.05. The molecule has 16 heteroatoms. The van der Waals surface area contributed by atoms with Crippen LogP contribution in [0.15, 0.2) is 48.8 Å². The third-order valence-corrected chi connectivity index (χ3v) is 11.4. The molecule has 3 aliphatic rings. The minimum Gasteiger partial charge on any atom is -0.453 e. The SMILES string of the molecule is COC(=O)N[C@H](C(=O)N1CCC[C@H]1c1ncc(-c2ccc3c(c2)Cc2ccc(-c4cnc([C@@H]5CCCN5C(=O)[C@@H](NC(=O)OC)C(C)C)[nH]4)cc2C(=O)N3)[nH]1)C(C)C. The molecule has 0 saturated carbocycles. The number of nitrogens with zero attached hydrogens (tertiary/aromatic N) is 4. The van der Waals surface area contributed by atoms with Crippen molar-refractivity contribution in [3.05, 3.63) is 77.1 Å². The Hall–Kier alpha value is -6.19. The van der Waals surface area contributed by atoms with E-state index >= 15 is 0 Å².